The lowest BCUT2D eigenvalue weighted by Crippen LogP contribution is -2.25. The molecule has 0 aliphatic rings. The minimum absolute atomic E-state index is 0.0697. The standard InChI is InChI=1S/C14H22N2O3/c1-4-8-15(9-5-2)13-7-6-12(11(3)17)10-14(13)16(18)19/h6-7,10-11,17H,4-5,8-9H2,1-3H3. The normalized spacial score (nSPS) is 12.2. The molecule has 0 bridgehead atoms. The molecule has 1 aromatic rings. The SMILES string of the molecule is CCCN(CCC)c1ccc(C(C)O)cc1[N+](=O)[O-]. The number of nitro groups is 1. The van der Waals surface area contributed by atoms with E-state index in [0.717, 1.165) is 25.9 Å². The number of rotatable bonds is 7. The third-order valence-electron chi connectivity index (χ3n) is 3.01. The third-order valence-corrected chi connectivity index (χ3v) is 3.01. The zero-order valence-corrected chi connectivity index (χ0v) is 11.8. The van der Waals surface area contributed by atoms with Gasteiger partial charge in [0.2, 0.25) is 0 Å². The van der Waals surface area contributed by atoms with Gasteiger partial charge in [-0.1, -0.05) is 19.9 Å². The molecule has 0 aromatic heterocycles. The number of aliphatic hydroxyl groups excluding tert-OH is 1. The Balaban J connectivity index is 3.20. The van der Waals surface area contributed by atoms with Crippen LogP contribution in [-0.2, 0) is 0 Å². The van der Waals surface area contributed by atoms with Crippen molar-refractivity contribution in [2.45, 2.75) is 39.7 Å². The molecule has 5 heteroatoms. The van der Waals surface area contributed by atoms with Gasteiger partial charge in [-0.05, 0) is 31.4 Å². The lowest BCUT2D eigenvalue weighted by Gasteiger charge is -2.23. The van der Waals surface area contributed by atoms with Crippen LogP contribution in [0, 0.1) is 10.1 Å². The zero-order chi connectivity index (χ0) is 14.4. The summed E-state index contributed by atoms with van der Waals surface area (Å²) in [6.07, 6.45) is 1.18. The predicted octanol–water partition coefficient (Wildman–Crippen LogP) is 3.27. The molecule has 0 saturated heterocycles. The molecule has 0 fully saturated rings. The first-order chi connectivity index (χ1) is 9.01. The Morgan fingerprint density at radius 2 is 1.89 bits per heavy atom. The van der Waals surface area contributed by atoms with E-state index < -0.39 is 6.10 Å². The highest BCUT2D eigenvalue weighted by atomic mass is 16.6. The largest absolute Gasteiger partial charge is 0.389 e. The zero-order valence-electron chi connectivity index (χ0n) is 11.8. The van der Waals surface area contributed by atoms with E-state index in [1.165, 1.54) is 6.07 Å². The van der Waals surface area contributed by atoms with Gasteiger partial charge in [-0.2, -0.15) is 0 Å². The molecule has 5 nitrogen and oxygen atoms in total. The van der Waals surface area contributed by atoms with E-state index in [2.05, 4.69) is 13.8 Å². The van der Waals surface area contributed by atoms with Crippen LogP contribution < -0.4 is 4.90 Å². The van der Waals surface area contributed by atoms with Gasteiger partial charge in [-0.25, -0.2) is 0 Å². The van der Waals surface area contributed by atoms with Crippen LogP contribution in [0.5, 0.6) is 0 Å². The van der Waals surface area contributed by atoms with E-state index in [0.29, 0.717) is 11.3 Å². The van der Waals surface area contributed by atoms with E-state index in [4.69, 9.17) is 0 Å². The molecule has 0 amide bonds. The van der Waals surface area contributed by atoms with Crippen LogP contribution in [0.1, 0.15) is 45.3 Å². The Labute approximate surface area is 114 Å². The van der Waals surface area contributed by atoms with Gasteiger partial charge in [0.1, 0.15) is 5.69 Å². The molecule has 1 unspecified atom stereocenters. The number of hydrogen-bond acceptors (Lipinski definition) is 4. The van der Waals surface area contributed by atoms with Gasteiger partial charge in [-0.3, -0.25) is 10.1 Å². The van der Waals surface area contributed by atoms with Crippen LogP contribution >= 0.6 is 0 Å². The fourth-order valence-corrected chi connectivity index (χ4v) is 2.11. The molecule has 0 aliphatic carbocycles. The topological polar surface area (TPSA) is 66.6 Å². The summed E-state index contributed by atoms with van der Waals surface area (Å²) in [5.41, 5.74) is 1.28. The van der Waals surface area contributed by atoms with Crippen molar-refractivity contribution in [1.82, 2.24) is 0 Å². The Bertz CT molecular complexity index is 427. The summed E-state index contributed by atoms with van der Waals surface area (Å²) in [7, 11) is 0. The van der Waals surface area contributed by atoms with Crippen LogP contribution in [0.15, 0.2) is 18.2 Å². The number of nitro benzene ring substituents is 1. The first kappa shape index (κ1) is 15.4. The summed E-state index contributed by atoms with van der Waals surface area (Å²) >= 11 is 0. The molecule has 0 spiro atoms. The van der Waals surface area contributed by atoms with E-state index in [1.54, 1.807) is 19.1 Å². The predicted molar refractivity (Wildman–Crippen MR) is 76.5 cm³/mol. The van der Waals surface area contributed by atoms with Gasteiger partial charge in [0.25, 0.3) is 5.69 Å². The van der Waals surface area contributed by atoms with Crippen molar-refractivity contribution < 1.29 is 10.0 Å². The van der Waals surface area contributed by atoms with Crippen LogP contribution in [0.4, 0.5) is 11.4 Å². The van der Waals surface area contributed by atoms with Crippen molar-refractivity contribution in [2.24, 2.45) is 0 Å². The van der Waals surface area contributed by atoms with Crippen molar-refractivity contribution in [3.63, 3.8) is 0 Å². The second-order valence-corrected chi connectivity index (χ2v) is 4.67. The molecule has 0 radical (unpaired) electrons. The smallest absolute Gasteiger partial charge is 0.292 e. The highest BCUT2D eigenvalue weighted by Gasteiger charge is 2.20. The van der Waals surface area contributed by atoms with E-state index in [-0.39, 0.29) is 10.6 Å². The fourth-order valence-electron chi connectivity index (χ4n) is 2.11. The van der Waals surface area contributed by atoms with Gasteiger partial charge in [0.15, 0.2) is 0 Å². The molecular formula is C14H22N2O3. The maximum atomic E-state index is 11.2. The summed E-state index contributed by atoms with van der Waals surface area (Å²) in [4.78, 5) is 12.9. The number of benzene rings is 1. The molecule has 1 rings (SSSR count). The molecule has 106 valence electrons. The van der Waals surface area contributed by atoms with Gasteiger partial charge < -0.3 is 10.0 Å². The van der Waals surface area contributed by atoms with Crippen LogP contribution in [0.25, 0.3) is 0 Å². The number of hydrogen-bond donors (Lipinski definition) is 1. The van der Waals surface area contributed by atoms with E-state index in [1.807, 2.05) is 4.90 Å². The summed E-state index contributed by atoms with van der Waals surface area (Å²) < 4.78 is 0. The molecule has 0 saturated carbocycles. The van der Waals surface area contributed by atoms with Gasteiger partial charge in [-0.15, -0.1) is 0 Å². The van der Waals surface area contributed by atoms with Crippen molar-refractivity contribution in [2.75, 3.05) is 18.0 Å². The van der Waals surface area contributed by atoms with Crippen molar-refractivity contribution in [3.8, 4) is 0 Å². The lowest BCUT2D eigenvalue weighted by atomic mass is 10.1. The van der Waals surface area contributed by atoms with Crippen LogP contribution in [0.3, 0.4) is 0 Å². The second kappa shape index (κ2) is 7.09. The first-order valence-electron chi connectivity index (χ1n) is 6.72. The Morgan fingerprint density at radius 1 is 1.32 bits per heavy atom. The molecule has 19 heavy (non-hydrogen) atoms. The third kappa shape index (κ3) is 3.92. The van der Waals surface area contributed by atoms with Gasteiger partial charge in [0, 0.05) is 19.2 Å². The van der Waals surface area contributed by atoms with Gasteiger partial charge >= 0.3 is 0 Å². The number of aliphatic hydroxyl groups is 1. The summed E-state index contributed by atoms with van der Waals surface area (Å²) in [5, 5.41) is 20.7. The maximum absolute atomic E-state index is 11.2. The average molecular weight is 266 g/mol. The molecule has 1 N–H and O–H groups in total. The maximum Gasteiger partial charge on any atom is 0.292 e. The monoisotopic (exact) mass is 266 g/mol. The number of nitrogens with zero attached hydrogens (tertiary/aromatic N) is 2. The van der Waals surface area contributed by atoms with Gasteiger partial charge in [0.05, 0.1) is 11.0 Å². The van der Waals surface area contributed by atoms with Crippen LogP contribution in [0.2, 0.25) is 0 Å². The van der Waals surface area contributed by atoms with Crippen molar-refractivity contribution >= 4 is 11.4 Å². The van der Waals surface area contributed by atoms with E-state index >= 15 is 0 Å². The highest BCUT2D eigenvalue weighted by Crippen LogP contribution is 2.31. The van der Waals surface area contributed by atoms with Crippen molar-refractivity contribution in [1.29, 1.82) is 0 Å². The quantitative estimate of drug-likeness (QED) is 0.607. The summed E-state index contributed by atoms with van der Waals surface area (Å²) in [6.45, 7) is 7.30. The molecule has 0 heterocycles. The molecule has 1 aromatic carbocycles. The molecular weight excluding hydrogens is 244 g/mol. The molecule has 1 atom stereocenters. The fraction of sp³-hybridized carbons (Fsp3) is 0.571. The number of anilines is 1. The summed E-state index contributed by atoms with van der Waals surface area (Å²) in [6, 6.07) is 4.97. The Hall–Kier alpha value is -1.62. The van der Waals surface area contributed by atoms with Crippen LogP contribution in [-0.4, -0.2) is 23.1 Å². The highest BCUT2D eigenvalue weighted by molar-refractivity contribution is 5.64. The minimum atomic E-state index is -0.696. The minimum Gasteiger partial charge on any atom is -0.389 e. The first-order valence-corrected chi connectivity index (χ1v) is 6.72. The lowest BCUT2D eigenvalue weighted by molar-refractivity contribution is -0.384. The summed E-state index contributed by atoms with van der Waals surface area (Å²) in [5.74, 6) is 0. The average Bonchev–Trinajstić information content (AvgIpc) is 2.37. The Morgan fingerprint density at radius 3 is 2.32 bits per heavy atom. The van der Waals surface area contributed by atoms with E-state index in [9.17, 15) is 15.2 Å². The van der Waals surface area contributed by atoms with Crippen molar-refractivity contribution in [3.05, 3.63) is 33.9 Å². The second-order valence-electron chi connectivity index (χ2n) is 4.67. The Kier molecular flexibility index (Phi) is 5.76. The molecule has 0 aliphatic heterocycles.